The fourth-order valence-electron chi connectivity index (χ4n) is 1.72. The Labute approximate surface area is 141 Å². The molecular formula is C15H12ClN2O4S-. The minimum absolute atomic E-state index is 0.184. The number of carbonyl (C=O) groups is 3. The average Bonchev–Trinajstić information content (AvgIpc) is 3.02. The highest BCUT2D eigenvalue weighted by Crippen LogP contribution is 2.26. The number of rotatable bonds is 6. The van der Waals surface area contributed by atoms with Crippen LogP contribution in [0.25, 0.3) is 0 Å². The summed E-state index contributed by atoms with van der Waals surface area (Å²) in [5.41, 5.74) is 0.824. The number of benzene rings is 1. The third kappa shape index (κ3) is 5.08. The predicted octanol–water partition coefficient (Wildman–Crippen LogP) is 2.12. The molecule has 0 radical (unpaired) electrons. The highest BCUT2D eigenvalue weighted by Gasteiger charge is 2.10. The number of thiophene rings is 1. The van der Waals surface area contributed by atoms with Gasteiger partial charge in [-0.15, -0.1) is 11.3 Å². The first-order chi connectivity index (χ1) is 11.0. The van der Waals surface area contributed by atoms with Crippen molar-refractivity contribution in [2.45, 2.75) is 12.8 Å². The zero-order valence-corrected chi connectivity index (χ0v) is 13.4. The van der Waals surface area contributed by atoms with E-state index in [9.17, 15) is 19.5 Å². The van der Waals surface area contributed by atoms with Gasteiger partial charge in [-0.1, -0.05) is 17.7 Å². The summed E-state index contributed by atoms with van der Waals surface area (Å²) in [6.45, 7) is 0. The highest BCUT2D eigenvalue weighted by atomic mass is 35.5. The van der Waals surface area contributed by atoms with E-state index in [1.165, 1.54) is 17.4 Å². The summed E-state index contributed by atoms with van der Waals surface area (Å²) in [5, 5.41) is 17.5. The van der Waals surface area contributed by atoms with Gasteiger partial charge >= 0.3 is 0 Å². The molecule has 2 aromatic rings. The standard InChI is InChI=1S/C15H13ClN2O4S/c16-10-8-9(17-13(19)5-6-14(20)21)3-4-11(10)18-15(22)12-2-1-7-23-12/h1-4,7-8H,5-6H2,(H,17,19)(H,18,22)(H,20,21)/p-1. The van der Waals surface area contributed by atoms with E-state index in [-0.39, 0.29) is 23.8 Å². The van der Waals surface area contributed by atoms with Gasteiger partial charge in [0.25, 0.3) is 5.91 Å². The van der Waals surface area contributed by atoms with Crippen molar-refractivity contribution in [2.24, 2.45) is 0 Å². The van der Waals surface area contributed by atoms with E-state index in [2.05, 4.69) is 10.6 Å². The maximum atomic E-state index is 11.9. The fourth-order valence-corrected chi connectivity index (χ4v) is 2.57. The monoisotopic (exact) mass is 351 g/mol. The topological polar surface area (TPSA) is 98.3 Å². The quantitative estimate of drug-likeness (QED) is 0.832. The van der Waals surface area contributed by atoms with Crippen molar-refractivity contribution in [3.8, 4) is 0 Å². The van der Waals surface area contributed by atoms with Gasteiger partial charge in [0.2, 0.25) is 5.91 Å². The van der Waals surface area contributed by atoms with Gasteiger partial charge in [0, 0.05) is 18.1 Å². The number of aliphatic carboxylic acids is 1. The second-order valence-electron chi connectivity index (χ2n) is 4.55. The van der Waals surface area contributed by atoms with Gasteiger partial charge in [-0.05, 0) is 36.1 Å². The lowest BCUT2D eigenvalue weighted by molar-refractivity contribution is -0.305. The third-order valence-electron chi connectivity index (χ3n) is 2.80. The van der Waals surface area contributed by atoms with E-state index in [4.69, 9.17) is 11.6 Å². The van der Waals surface area contributed by atoms with Gasteiger partial charge in [0.05, 0.1) is 15.6 Å². The lowest BCUT2D eigenvalue weighted by atomic mass is 10.2. The number of halogens is 1. The number of nitrogens with one attached hydrogen (secondary N) is 2. The van der Waals surface area contributed by atoms with Crippen LogP contribution in [0, 0.1) is 0 Å². The summed E-state index contributed by atoms with van der Waals surface area (Å²) in [6.07, 6.45) is -0.536. The number of carboxylic acid groups (broad SMARTS) is 1. The Kier molecular flexibility index (Phi) is 5.72. The van der Waals surface area contributed by atoms with Gasteiger partial charge < -0.3 is 20.5 Å². The zero-order valence-electron chi connectivity index (χ0n) is 11.8. The summed E-state index contributed by atoms with van der Waals surface area (Å²) >= 11 is 7.39. The Balaban J connectivity index is 1.99. The number of amides is 2. The van der Waals surface area contributed by atoms with E-state index in [0.29, 0.717) is 16.3 Å². The van der Waals surface area contributed by atoms with Crippen molar-refractivity contribution in [3.05, 3.63) is 45.6 Å². The lowest BCUT2D eigenvalue weighted by Crippen LogP contribution is -2.24. The summed E-state index contributed by atoms with van der Waals surface area (Å²) in [6, 6.07) is 8.06. The molecule has 0 fully saturated rings. The van der Waals surface area contributed by atoms with Crippen LogP contribution >= 0.6 is 22.9 Å². The van der Waals surface area contributed by atoms with Gasteiger partial charge in [-0.25, -0.2) is 0 Å². The van der Waals surface area contributed by atoms with E-state index in [1.807, 2.05) is 0 Å². The molecule has 23 heavy (non-hydrogen) atoms. The number of hydrogen-bond acceptors (Lipinski definition) is 5. The fraction of sp³-hybridized carbons (Fsp3) is 0.133. The van der Waals surface area contributed by atoms with E-state index < -0.39 is 11.9 Å². The molecule has 0 aliphatic rings. The van der Waals surface area contributed by atoms with Crippen LogP contribution in [-0.2, 0) is 9.59 Å². The molecule has 0 aliphatic carbocycles. The minimum Gasteiger partial charge on any atom is -0.550 e. The molecule has 120 valence electrons. The van der Waals surface area contributed by atoms with Crippen LogP contribution in [-0.4, -0.2) is 17.8 Å². The van der Waals surface area contributed by atoms with Crippen molar-refractivity contribution >= 4 is 52.1 Å². The summed E-state index contributed by atoms with van der Waals surface area (Å²) in [5.74, 6) is -2.02. The molecule has 8 heteroatoms. The van der Waals surface area contributed by atoms with Crippen molar-refractivity contribution in [2.75, 3.05) is 10.6 Å². The molecule has 2 amide bonds. The summed E-state index contributed by atoms with van der Waals surface area (Å²) in [4.78, 5) is 34.3. The van der Waals surface area contributed by atoms with E-state index in [0.717, 1.165) is 0 Å². The number of carbonyl (C=O) groups excluding carboxylic acids is 3. The SMILES string of the molecule is O=C([O-])CCC(=O)Nc1ccc(NC(=O)c2cccs2)c(Cl)c1. The molecule has 1 heterocycles. The van der Waals surface area contributed by atoms with Crippen LogP contribution in [0.3, 0.4) is 0 Å². The van der Waals surface area contributed by atoms with Crippen LogP contribution in [0.4, 0.5) is 11.4 Å². The molecule has 2 rings (SSSR count). The summed E-state index contributed by atoms with van der Waals surface area (Å²) < 4.78 is 0. The van der Waals surface area contributed by atoms with Crippen LogP contribution < -0.4 is 15.7 Å². The van der Waals surface area contributed by atoms with Crippen LogP contribution in [0.2, 0.25) is 5.02 Å². The molecule has 6 nitrogen and oxygen atoms in total. The van der Waals surface area contributed by atoms with Gasteiger partial charge in [-0.2, -0.15) is 0 Å². The molecule has 0 saturated carbocycles. The van der Waals surface area contributed by atoms with Gasteiger partial charge in [0.1, 0.15) is 0 Å². The molecule has 0 saturated heterocycles. The maximum absolute atomic E-state index is 11.9. The Hall–Kier alpha value is -2.38. The average molecular weight is 352 g/mol. The highest BCUT2D eigenvalue weighted by molar-refractivity contribution is 7.12. The first-order valence-electron chi connectivity index (χ1n) is 6.60. The molecule has 1 aromatic carbocycles. The maximum Gasteiger partial charge on any atom is 0.265 e. The van der Waals surface area contributed by atoms with Crippen molar-refractivity contribution in [1.82, 2.24) is 0 Å². The van der Waals surface area contributed by atoms with E-state index >= 15 is 0 Å². The predicted molar refractivity (Wildman–Crippen MR) is 86.6 cm³/mol. The van der Waals surface area contributed by atoms with Crippen molar-refractivity contribution < 1.29 is 19.5 Å². The smallest absolute Gasteiger partial charge is 0.265 e. The molecule has 0 bridgehead atoms. The number of anilines is 2. The molecule has 2 N–H and O–H groups in total. The molecule has 0 atom stereocenters. The Morgan fingerprint density at radius 3 is 2.52 bits per heavy atom. The Morgan fingerprint density at radius 2 is 1.91 bits per heavy atom. The minimum atomic E-state index is -1.29. The van der Waals surface area contributed by atoms with Crippen LogP contribution in [0.5, 0.6) is 0 Å². The van der Waals surface area contributed by atoms with E-state index in [1.54, 1.807) is 29.6 Å². The van der Waals surface area contributed by atoms with Crippen LogP contribution in [0.15, 0.2) is 35.7 Å². The molecular weight excluding hydrogens is 340 g/mol. The Morgan fingerprint density at radius 1 is 1.13 bits per heavy atom. The van der Waals surface area contributed by atoms with Gasteiger partial charge in [-0.3, -0.25) is 9.59 Å². The molecule has 0 unspecified atom stereocenters. The normalized spacial score (nSPS) is 10.1. The molecule has 0 aliphatic heterocycles. The number of carboxylic acids is 1. The molecule has 0 spiro atoms. The van der Waals surface area contributed by atoms with Gasteiger partial charge in [0.15, 0.2) is 0 Å². The lowest BCUT2D eigenvalue weighted by Gasteiger charge is -2.10. The molecule has 1 aromatic heterocycles. The second-order valence-corrected chi connectivity index (χ2v) is 5.90. The third-order valence-corrected chi connectivity index (χ3v) is 3.98. The van der Waals surface area contributed by atoms with Crippen LogP contribution in [0.1, 0.15) is 22.5 Å². The second kappa shape index (κ2) is 7.75. The largest absolute Gasteiger partial charge is 0.550 e. The summed E-state index contributed by atoms with van der Waals surface area (Å²) in [7, 11) is 0. The first kappa shape index (κ1) is 17.0. The zero-order chi connectivity index (χ0) is 16.8. The van der Waals surface area contributed by atoms with Crippen molar-refractivity contribution in [3.63, 3.8) is 0 Å². The first-order valence-corrected chi connectivity index (χ1v) is 7.85. The number of hydrogen-bond donors (Lipinski definition) is 2. The van der Waals surface area contributed by atoms with Crippen molar-refractivity contribution in [1.29, 1.82) is 0 Å². The Bertz CT molecular complexity index is 731.